The van der Waals surface area contributed by atoms with E-state index in [1.165, 1.54) is 0 Å². The molecular formula is C6H3N3O8. The number of nitro groups is 3. The fourth-order valence-electron chi connectivity index (χ4n) is 0.974. The van der Waals surface area contributed by atoms with Gasteiger partial charge in [0.05, 0.1) is 26.9 Å². The van der Waals surface area contributed by atoms with Crippen molar-refractivity contribution in [2.75, 3.05) is 0 Å². The van der Waals surface area contributed by atoms with Gasteiger partial charge in [-0.1, -0.05) is 0 Å². The summed E-state index contributed by atoms with van der Waals surface area (Å²) in [6.45, 7) is 0. The summed E-state index contributed by atoms with van der Waals surface area (Å²) in [5.74, 6) is -1.21. The van der Waals surface area contributed by atoms with Crippen LogP contribution in [0.15, 0.2) is 12.1 Å². The van der Waals surface area contributed by atoms with Crippen molar-refractivity contribution in [3.63, 3.8) is 0 Å². The highest BCUT2D eigenvalue weighted by Gasteiger charge is 2.29. The molecular weight excluding hydrogens is 242 g/mol. The summed E-state index contributed by atoms with van der Waals surface area (Å²) in [6.07, 6.45) is 0. The maximum absolute atomic E-state index is 10.4. The minimum Gasteiger partial charge on any atom is -0.497 e. The Kier molecular flexibility index (Phi) is 4.00. The van der Waals surface area contributed by atoms with Crippen LogP contribution < -0.4 is 0 Å². The Morgan fingerprint density at radius 1 is 0.882 bits per heavy atom. The van der Waals surface area contributed by atoms with Gasteiger partial charge in [-0.05, 0) is 0 Å². The van der Waals surface area contributed by atoms with E-state index in [0.29, 0.717) is 12.1 Å². The molecule has 0 fully saturated rings. The minimum absolute atomic E-state index is 0. The van der Waals surface area contributed by atoms with E-state index in [2.05, 4.69) is 0 Å². The third-order valence-electron chi connectivity index (χ3n) is 1.66. The maximum atomic E-state index is 10.4. The molecule has 0 spiro atoms. The molecule has 0 heterocycles. The monoisotopic (exact) mass is 245 g/mol. The number of nitrogens with zero attached hydrogens (tertiary/aromatic N) is 3. The lowest BCUT2D eigenvalue weighted by molar-refractivity contribution is -0.404. The minimum atomic E-state index is -1.21. The molecule has 11 heteroatoms. The lowest BCUT2D eigenvalue weighted by Crippen LogP contribution is -1.97. The second kappa shape index (κ2) is 4.80. The zero-order chi connectivity index (χ0) is 12.5. The molecule has 0 unspecified atom stereocenters. The largest absolute Gasteiger partial charge is 0.497 e. The number of hydrogen-bond acceptors (Lipinski definition) is 7. The molecule has 0 amide bonds. The SMILES string of the molecule is O=[N+]([O-])c1cc([N+](=O)[O-])c(O)c([N+](=O)[O-])c1.[O]. The van der Waals surface area contributed by atoms with Crippen molar-refractivity contribution < 1.29 is 25.4 Å². The smallest absolute Gasteiger partial charge is 0.324 e. The van der Waals surface area contributed by atoms with E-state index in [-0.39, 0.29) is 5.48 Å². The highest BCUT2D eigenvalue weighted by atomic mass is 16.6. The standard InChI is InChI=1S/C6H3N3O7.O/c10-6-4(8(13)14)1-3(7(11)12)2-5(6)9(15)16;/h1-2,10H;. The first-order valence-electron chi connectivity index (χ1n) is 3.64. The Morgan fingerprint density at radius 3 is 1.47 bits per heavy atom. The summed E-state index contributed by atoms with van der Waals surface area (Å²) in [7, 11) is 0. The van der Waals surface area contributed by atoms with E-state index < -0.39 is 37.6 Å². The molecule has 0 aliphatic carbocycles. The van der Waals surface area contributed by atoms with Gasteiger partial charge in [0.25, 0.3) is 11.4 Å². The van der Waals surface area contributed by atoms with E-state index in [0.717, 1.165) is 0 Å². The van der Waals surface area contributed by atoms with Crippen LogP contribution in [0.3, 0.4) is 0 Å². The van der Waals surface area contributed by atoms with Crippen molar-refractivity contribution >= 4 is 17.1 Å². The van der Waals surface area contributed by atoms with Gasteiger partial charge in [-0.15, -0.1) is 0 Å². The van der Waals surface area contributed by atoms with Gasteiger partial charge in [-0.25, -0.2) is 0 Å². The average Bonchev–Trinajstić information content (AvgIpc) is 2.16. The molecule has 0 bridgehead atoms. The van der Waals surface area contributed by atoms with Crippen LogP contribution >= 0.6 is 0 Å². The van der Waals surface area contributed by atoms with Crippen molar-refractivity contribution in [3.8, 4) is 5.75 Å². The van der Waals surface area contributed by atoms with Gasteiger partial charge in [0, 0.05) is 5.48 Å². The Hall–Kier alpha value is -2.82. The molecule has 0 aromatic heterocycles. The molecule has 17 heavy (non-hydrogen) atoms. The van der Waals surface area contributed by atoms with Crippen molar-refractivity contribution in [1.82, 2.24) is 0 Å². The van der Waals surface area contributed by atoms with Crippen molar-refractivity contribution in [2.45, 2.75) is 0 Å². The third kappa shape index (κ3) is 2.60. The van der Waals surface area contributed by atoms with Gasteiger partial charge in [0.1, 0.15) is 0 Å². The molecule has 1 aromatic carbocycles. The molecule has 0 aliphatic heterocycles. The molecule has 0 saturated carbocycles. The number of phenols is 1. The molecule has 11 nitrogen and oxygen atoms in total. The molecule has 1 aromatic rings. The Morgan fingerprint density at radius 2 is 1.24 bits per heavy atom. The fraction of sp³-hybridized carbons (Fsp3) is 0. The van der Waals surface area contributed by atoms with Crippen molar-refractivity contribution in [3.05, 3.63) is 42.5 Å². The number of phenolic OH excluding ortho intramolecular Hbond substituents is 1. The zero-order valence-electron chi connectivity index (χ0n) is 7.80. The van der Waals surface area contributed by atoms with Crippen LogP contribution in [0, 0.1) is 30.3 Å². The first-order chi connectivity index (χ1) is 7.34. The molecule has 0 atom stereocenters. The van der Waals surface area contributed by atoms with E-state index in [9.17, 15) is 30.3 Å². The van der Waals surface area contributed by atoms with Gasteiger partial charge in [0.2, 0.25) is 0 Å². The van der Waals surface area contributed by atoms with Crippen molar-refractivity contribution in [1.29, 1.82) is 0 Å². The van der Waals surface area contributed by atoms with Gasteiger partial charge in [-0.3, -0.25) is 30.3 Å². The quantitative estimate of drug-likeness (QED) is 0.608. The first kappa shape index (κ1) is 14.2. The molecule has 90 valence electrons. The van der Waals surface area contributed by atoms with Gasteiger partial charge >= 0.3 is 11.4 Å². The van der Waals surface area contributed by atoms with Crippen molar-refractivity contribution in [2.24, 2.45) is 0 Å². The van der Waals surface area contributed by atoms with E-state index in [1.54, 1.807) is 0 Å². The fourth-order valence-corrected chi connectivity index (χ4v) is 0.974. The number of hydrogen-bond donors (Lipinski definition) is 1. The number of non-ortho nitro benzene ring substituents is 1. The Labute approximate surface area is 91.7 Å². The molecule has 2 radical (unpaired) electrons. The maximum Gasteiger partial charge on any atom is 0.324 e. The topological polar surface area (TPSA) is 178 Å². The highest BCUT2D eigenvalue weighted by Crippen LogP contribution is 2.38. The predicted octanol–water partition coefficient (Wildman–Crippen LogP) is 0.998. The Bertz CT molecular complexity index is 463. The van der Waals surface area contributed by atoms with Crippen LogP contribution in [0.25, 0.3) is 0 Å². The van der Waals surface area contributed by atoms with Gasteiger partial charge in [0.15, 0.2) is 0 Å². The second-order valence-corrected chi connectivity index (χ2v) is 2.60. The average molecular weight is 245 g/mol. The highest BCUT2D eigenvalue weighted by molar-refractivity contribution is 5.64. The Balaban J connectivity index is 0.00000256. The summed E-state index contributed by atoms with van der Waals surface area (Å²) in [6, 6.07) is 0.894. The van der Waals surface area contributed by atoms with Crippen LogP contribution in [-0.2, 0) is 5.48 Å². The van der Waals surface area contributed by atoms with Crippen LogP contribution in [0.4, 0.5) is 17.1 Å². The molecule has 0 saturated heterocycles. The predicted molar refractivity (Wildman–Crippen MR) is 48.8 cm³/mol. The number of benzene rings is 1. The van der Waals surface area contributed by atoms with E-state index in [4.69, 9.17) is 5.11 Å². The van der Waals surface area contributed by atoms with E-state index >= 15 is 0 Å². The van der Waals surface area contributed by atoms with Crippen LogP contribution in [0.5, 0.6) is 5.75 Å². The summed E-state index contributed by atoms with van der Waals surface area (Å²) in [4.78, 5) is 27.8. The number of rotatable bonds is 3. The van der Waals surface area contributed by atoms with Crippen LogP contribution in [-0.4, -0.2) is 19.9 Å². The normalized spacial score (nSPS) is 9.18. The van der Waals surface area contributed by atoms with Crippen LogP contribution in [0.1, 0.15) is 0 Å². The van der Waals surface area contributed by atoms with Gasteiger partial charge < -0.3 is 5.11 Å². The third-order valence-corrected chi connectivity index (χ3v) is 1.66. The number of aromatic hydroxyl groups is 1. The lowest BCUT2D eigenvalue weighted by Gasteiger charge is -1.97. The van der Waals surface area contributed by atoms with Gasteiger partial charge in [-0.2, -0.15) is 0 Å². The van der Waals surface area contributed by atoms with E-state index in [1.807, 2.05) is 0 Å². The molecule has 1 rings (SSSR count). The summed E-state index contributed by atoms with van der Waals surface area (Å²) in [5, 5.41) is 40.2. The first-order valence-corrected chi connectivity index (χ1v) is 3.64. The molecule has 0 aliphatic rings. The summed E-state index contributed by atoms with van der Waals surface area (Å²) < 4.78 is 0. The molecule has 1 N–H and O–H groups in total. The summed E-state index contributed by atoms with van der Waals surface area (Å²) in [5.41, 5.74) is -3.00. The second-order valence-electron chi connectivity index (χ2n) is 2.60. The lowest BCUT2D eigenvalue weighted by atomic mass is 10.2. The summed E-state index contributed by atoms with van der Waals surface area (Å²) >= 11 is 0. The zero-order valence-corrected chi connectivity index (χ0v) is 7.80. The van der Waals surface area contributed by atoms with Crippen LogP contribution in [0.2, 0.25) is 0 Å². The number of nitro benzene ring substituents is 3.